The molecule has 1 saturated carbocycles. The van der Waals surface area contributed by atoms with Gasteiger partial charge < -0.3 is 0 Å². The second-order valence-corrected chi connectivity index (χ2v) is 6.43. The summed E-state index contributed by atoms with van der Waals surface area (Å²) in [5, 5.41) is 0.926. The Kier molecular flexibility index (Phi) is 5.88. The van der Waals surface area contributed by atoms with Gasteiger partial charge in [0, 0.05) is 11.6 Å². The molecule has 0 saturated heterocycles. The molecule has 0 N–H and O–H groups in total. The van der Waals surface area contributed by atoms with E-state index in [-0.39, 0.29) is 5.78 Å². The van der Waals surface area contributed by atoms with Crippen LogP contribution in [-0.2, 0) is 0 Å². The van der Waals surface area contributed by atoms with Crippen LogP contribution in [0.3, 0.4) is 0 Å². The van der Waals surface area contributed by atoms with Crippen molar-refractivity contribution in [2.24, 2.45) is 0 Å². The van der Waals surface area contributed by atoms with Crippen LogP contribution < -0.4 is 0 Å². The first-order valence-corrected chi connectivity index (χ1v) is 8.02. The first kappa shape index (κ1) is 15.8. The van der Waals surface area contributed by atoms with Crippen molar-refractivity contribution < 1.29 is 4.79 Å². The van der Waals surface area contributed by atoms with Crippen LogP contribution in [0.15, 0.2) is 18.2 Å². The van der Waals surface area contributed by atoms with E-state index in [0.29, 0.717) is 28.2 Å². The van der Waals surface area contributed by atoms with E-state index in [4.69, 9.17) is 23.2 Å². The quantitative estimate of drug-likeness (QED) is 0.586. The van der Waals surface area contributed by atoms with Gasteiger partial charge in [0.25, 0.3) is 0 Å². The Balaban J connectivity index is 1.97. The van der Waals surface area contributed by atoms with Crippen LogP contribution in [-0.4, -0.2) is 30.3 Å². The van der Waals surface area contributed by atoms with Crippen LogP contribution in [0.1, 0.15) is 48.9 Å². The number of likely N-dealkylation sites (N-methyl/N-ethyl adjacent to an activating group) is 1. The molecule has 2 nitrogen and oxygen atoms in total. The van der Waals surface area contributed by atoms with Gasteiger partial charge in [0.1, 0.15) is 0 Å². The van der Waals surface area contributed by atoms with Gasteiger partial charge in [-0.15, -0.1) is 0 Å². The van der Waals surface area contributed by atoms with Gasteiger partial charge >= 0.3 is 0 Å². The normalized spacial score (nSPS) is 17.2. The molecule has 20 heavy (non-hydrogen) atoms. The summed E-state index contributed by atoms with van der Waals surface area (Å²) in [7, 11) is 2.05. The number of ketones is 1. The number of carbonyl (C=O) groups excluding carboxylic acids is 1. The average Bonchev–Trinajstić information content (AvgIpc) is 2.70. The third kappa shape index (κ3) is 4.21. The highest BCUT2D eigenvalue weighted by atomic mass is 35.5. The molecule has 1 aliphatic rings. The van der Waals surface area contributed by atoms with E-state index in [2.05, 4.69) is 4.90 Å². The standard InChI is InChI=1S/C16H21Cl2NO/c1-19(13-6-4-2-3-5-7-13)11-16(20)12-8-9-14(17)15(18)10-12/h8-10,13H,2-7,11H2,1H3. The zero-order valence-electron chi connectivity index (χ0n) is 11.9. The van der Waals surface area contributed by atoms with Gasteiger partial charge in [-0.05, 0) is 38.1 Å². The molecule has 1 fully saturated rings. The summed E-state index contributed by atoms with van der Waals surface area (Å²) in [5.74, 6) is 0.107. The van der Waals surface area contributed by atoms with Gasteiger partial charge in [0.2, 0.25) is 0 Å². The average molecular weight is 314 g/mol. The molecule has 0 radical (unpaired) electrons. The van der Waals surface area contributed by atoms with Gasteiger partial charge in [-0.2, -0.15) is 0 Å². The van der Waals surface area contributed by atoms with E-state index in [0.717, 1.165) is 0 Å². The molecule has 1 aromatic rings. The number of rotatable bonds is 4. The summed E-state index contributed by atoms with van der Waals surface area (Å²) in [5.41, 5.74) is 0.639. The summed E-state index contributed by atoms with van der Waals surface area (Å²) >= 11 is 11.8. The Morgan fingerprint density at radius 2 is 1.80 bits per heavy atom. The third-order valence-corrected chi connectivity index (χ3v) is 4.82. The van der Waals surface area contributed by atoms with Crippen LogP contribution in [0.2, 0.25) is 10.0 Å². The van der Waals surface area contributed by atoms with E-state index in [1.165, 1.54) is 38.5 Å². The topological polar surface area (TPSA) is 20.3 Å². The minimum Gasteiger partial charge on any atom is -0.296 e. The molecule has 110 valence electrons. The molecule has 0 heterocycles. The minimum atomic E-state index is 0.107. The lowest BCUT2D eigenvalue weighted by Crippen LogP contribution is -2.35. The number of hydrogen-bond donors (Lipinski definition) is 0. The SMILES string of the molecule is CN(CC(=O)c1ccc(Cl)c(Cl)c1)C1CCCCCC1. The van der Waals surface area contributed by atoms with E-state index in [1.807, 2.05) is 7.05 Å². The second-order valence-electron chi connectivity index (χ2n) is 5.61. The number of nitrogens with zero attached hydrogens (tertiary/aromatic N) is 1. The summed E-state index contributed by atoms with van der Waals surface area (Å²) in [6, 6.07) is 5.62. The van der Waals surface area contributed by atoms with Crippen LogP contribution in [0.25, 0.3) is 0 Å². The van der Waals surface area contributed by atoms with E-state index in [1.54, 1.807) is 18.2 Å². The number of halogens is 2. The highest BCUT2D eigenvalue weighted by Crippen LogP contribution is 2.24. The van der Waals surface area contributed by atoms with Crippen molar-refractivity contribution in [3.8, 4) is 0 Å². The maximum Gasteiger partial charge on any atom is 0.176 e. The van der Waals surface area contributed by atoms with Crippen molar-refractivity contribution in [2.75, 3.05) is 13.6 Å². The molecule has 0 bridgehead atoms. The van der Waals surface area contributed by atoms with E-state index < -0.39 is 0 Å². The molecule has 0 atom stereocenters. The van der Waals surface area contributed by atoms with Crippen LogP contribution in [0.5, 0.6) is 0 Å². The van der Waals surface area contributed by atoms with Crippen molar-refractivity contribution in [1.82, 2.24) is 4.90 Å². The Hall–Kier alpha value is -0.570. The third-order valence-electron chi connectivity index (χ3n) is 4.08. The van der Waals surface area contributed by atoms with Gasteiger partial charge in [-0.25, -0.2) is 0 Å². The Labute approximate surface area is 131 Å². The molecule has 2 rings (SSSR count). The predicted molar refractivity (Wildman–Crippen MR) is 84.9 cm³/mol. The number of hydrogen-bond acceptors (Lipinski definition) is 2. The first-order chi connectivity index (χ1) is 9.58. The number of carbonyl (C=O) groups is 1. The van der Waals surface area contributed by atoms with Crippen molar-refractivity contribution >= 4 is 29.0 Å². The molecular weight excluding hydrogens is 293 g/mol. The maximum absolute atomic E-state index is 12.3. The number of Topliss-reactive ketones (excluding diaryl/α,β-unsaturated/α-hetero) is 1. The van der Waals surface area contributed by atoms with Crippen LogP contribution >= 0.6 is 23.2 Å². The molecule has 1 aromatic carbocycles. The molecule has 4 heteroatoms. The van der Waals surface area contributed by atoms with Crippen molar-refractivity contribution in [3.05, 3.63) is 33.8 Å². The highest BCUT2D eigenvalue weighted by molar-refractivity contribution is 6.42. The van der Waals surface area contributed by atoms with Gasteiger partial charge in [-0.3, -0.25) is 9.69 Å². The molecule has 0 unspecified atom stereocenters. The smallest absolute Gasteiger partial charge is 0.176 e. The summed E-state index contributed by atoms with van der Waals surface area (Å²) in [4.78, 5) is 14.5. The lowest BCUT2D eigenvalue weighted by molar-refractivity contribution is 0.0912. The Morgan fingerprint density at radius 3 is 2.40 bits per heavy atom. The molecule has 1 aliphatic carbocycles. The van der Waals surface area contributed by atoms with E-state index in [9.17, 15) is 4.79 Å². The molecule has 0 amide bonds. The Morgan fingerprint density at radius 1 is 1.15 bits per heavy atom. The fourth-order valence-electron chi connectivity index (χ4n) is 2.82. The fraction of sp³-hybridized carbons (Fsp3) is 0.562. The lowest BCUT2D eigenvalue weighted by atomic mass is 10.1. The summed E-state index contributed by atoms with van der Waals surface area (Å²) in [6.07, 6.45) is 7.60. The Bertz CT molecular complexity index is 468. The lowest BCUT2D eigenvalue weighted by Gasteiger charge is -2.26. The van der Waals surface area contributed by atoms with Gasteiger partial charge in [0.05, 0.1) is 16.6 Å². The van der Waals surface area contributed by atoms with E-state index >= 15 is 0 Å². The van der Waals surface area contributed by atoms with Gasteiger partial charge in [0.15, 0.2) is 5.78 Å². The van der Waals surface area contributed by atoms with Crippen molar-refractivity contribution in [1.29, 1.82) is 0 Å². The monoisotopic (exact) mass is 313 g/mol. The van der Waals surface area contributed by atoms with Gasteiger partial charge in [-0.1, -0.05) is 48.9 Å². The summed E-state index contributed by atoms with van der Waals surface area (Å²) in [6.45, 7) is 0.447. The minimum absolute atomic E-state index is 0.107. The molecule has 0 spiro atoms. The zero-order chi connectivity index (χ0) is 14.5. The van der Waals surface area contributed by atoms with Crippen LogP contribution in [0, 0.1) is 0 Å². The van der Waals surface area contributed by atoms with Crippen LogP contribution in [0.4, 0.5) is 0 Å². The maximum atomic E-state index is 12.3. The molecule has 0 aliphatic heterocycles. The second kappa shape index (κ2) is 7.44. The highest BCUT2D eigenvalue weighted by Gasteiger charge is 2.19. The predicted octanol–water partition coefficient (Wildman–Crippen LogP) is 4.83. The van der Waals surface area contributed by atoms with Crippen molar-refractivity contribution in [2.45, 2.75) is 44.6 Å². The first-order valence-electron chi connectivity index (χ1n) is 7.26. The molecular formula is C16H21Cl2NO. The zero-order valence-corrected chi connectivity index (χ0v) is 13.4. The molecule has 0 aromatic heterocycles. The number of benzene rings is 1. The fourth-order valence-corrected chi connectivity index (χ4v) is 3.11. The summed E-state index contributed by atoms with van der Waals surface area (Å²) < 4.78 is 0. The van der Waals surface area contributed by atoms with Crippen molar-refractivity contribution in [3.63, 3.8) is 0 Å². The largest absolute Gasteiger partial charge is 0.296 e.